The molecule has 0 bridgehead atoms. The molecule has 0 radical (unpaired) electrons. The van der Waals surface area contributed by atoms with E-state index in [1.807, 2.05) is 24.3 Å². The molecule has 0 saturated heterocycles. The largest absolute Gasteiger partial charge is 0.508 e. The Hall–Kier alpha value is -1.74. The van der Waals surface area contributed by atoms with Crippen molar-refractivity contribution in [3.63, 3.8) is 0 Å². The molecule has 0 spiro atoms. The lowest BCUT2D eigenvalue weighted by atomic mass is 10.0. The minimum atomic E-state index is -1.81. The van der Waals surface area contributed by atoms with Gasteiger partial charge in [-0.15, -0.1) is 0 Å². The smallest absolute Gasteiger partial charge is 0.115 e. The van der Waals surface area contributed by atoms with Crippen LogP contribution in [-0.4, -0.2) is 18.3 Å². The van der Waals surface area contributed by atoms with Crippen LogP contribution in [0.2, 0.25) is 13.1 Å². The summed E-state index contributed by atoms with van der Waals surface area (Å²) < 4.78 is 0. The number of fused-ring (bicyclic) bond motifs is 2. The average molecular weight is 256 g/mol. The number of aromatic hydroxyl groups is 2. The zero-order valence-corrected chi connectivity index (χ0v) is 11.6. The molecule has 0 amide bonds. The predicted molar refractivity (Wildman–Crippen MR) is 75.8 cm³/mol. The highest BCUT2D eigenvalue weighted by Crippen LogP contribution is 2.24. The van der Waals surface area contributed by atoms with E-state index in [0.29, 0.717) is 11.5 Å². The van der Waals surface area contributed by atoms with Crippen molar-refractivity contribution in [2.75, 3.05) is 0 Å². The summed E-state index contributed by atoms with van der Waals surface area (Å²) in [6.07, 6.45) is 0.891. The van der Waals surface area contributed by atoms with Gasteiger partial charge in [-0.1, -0.05) is 25.2 Å². The molecule has 1 heterocycles. The fourth-order valence-corrected chi connectivity index (χ4v) is 6.21. The molecular weight excluding hydrogens is 240 g/mol. The topological polar surface area (TPSA) is 40.5 Å². The summed E-state index contributed by atoms with van der Waals surface area (Å²) in [6.45, 7) is 4.53. The van der Waals surface area contributed by atoms with Crippen LogP contribution in [0.1, 0.15) is 11.1 Å². The highest BCUT2D eigenvalue weighted by atomic mass is 28.3. The monoisotopic (exact) mass is 256 g/mol. The quantitative estimate of drug-likeness (QED) is 0.706. The van der Waals surface area contributed by atoms with Crippen molar-refractivity contribution in [1.82, 2.24) is 0 Å². The van der Waals surface area contributed by atoms with Crippen molar-refractivity contribution in [3.8, 4) is 11.5 Å². The number of rotatable bonds is 0. The molecule has 0 atom stereocenters. The molecule has 18 heavy (non-hydrogen) atoms. The number of benzene rings is 2. The molecule has 92 valence electrons. The summed E-state index contributed by atoms with van der Waals surface area (Å²) in [6, 6.07) is 11.4. The van der Waals surface area contributed by atoms with E-state index in [9.17, 15) is 10.2 Å². The van der Waals surface area contributed by atoms with E-state index >= 15 is 0 Å². The zero-order valence-electron chi connectivity index (χ0n) is 10.6. The number of phenols is 2. The van der Waals surface area contributed by atoms with Gasteiger partial charge in [0.2, 0.25) is 0 Å². The van der Waals surface area contributed by atoms with Gasteiger partial charge in [0.15, 0.2) is 0 Å². The summed E-state index contributed by atoms with van der Waals surface area (Å²) in [5.41, 5.74) is 2.62. The minimum Gasteiger partial charge on any atom is -0.508 e. The van der Waals surface area contributed by atoms with Crippen molar-refractivity contribution in [2.45, 2.75) is 19.5 Å². The second kappa shape index (κ2) is 3.62. The van der Waals surface area contributed by atoms with Gasteiger partial charge in [0.05, 0.1) is 0 Å². The van der Waals surface area contributed by atoms with Crippen LogP contribution in [-0.2, 0) is 6.42 Å². The summed E-state index contributed by atoms with van der Waals surface area (Å²) >= 11 is 0. The van der Waals surface area contributed by atoms with Crippen LogP contribution < -0.4 is 10.4 Å². The Morgan fingerprint density at radius 3 is 1.72 bits per heavy atom. The van der Waals surface area contributed by atoms with E-state index in [1.54, 1.807) is 12.1 Å². The molecular formula is C15H16O2Si. The lowest BCUT2D eigenvalue weighted by Crippen LogP contribution is -2.58. The van der Waals surface area contributed by atoms with Crippen LogP contribution in [0.3, 0.4) is 0 Å². The maximum atomic E-state index is 9.70. The number of hydrogen-bond donors (Lipinski definition) is 2. The molecule has 0 aliphatic carbocycles. The first-order chi connectivity index (χ1) is 8.48. The van der Waals surface area contributed by atoms with Gasteiger partial charge in [-0.3, -0.25) is 0 Å². The Morgan fingerprint density at radius 1 is 0.833 bits per heavy atom. The molecule has 0 fully saturated rings. The van der Waals surface area contributed by atoms with Gasteiger partial charge < -0.3 is 10.2 Å². The number of phenolic OH excluding ortho intramolecular Hbond substituents is 2. The van der Waals surface area contributed by atoms with Crippen molar-refractivity contribution in [2.24, 2.45) is 0 Å². The van der Waals surface area contributed by atoms with Crippen LogP contribution >= 0.6 is 0 Å². The molecule has 1 aliphatic heterocycles. The van der Waals surface area contributed by atoms with E-state index in [-0.39, 0.29) is 0 Å². The first-order valence-corrected chi connectivity index (χ1v) is 9.13. The Morgan fingerprint density at radius 2 is 1.28 bits per heavy atom. The molecule has 3 rings (SSSR count). The van der Waals surface area contributed by atoms with Gasteiger partial charge in [-0.05, 0) is 52.2 Å². The maximum Gasteiger partial charge on any atom is 0.115 e. The minimum absolute atomic E-state index is 0.331. The average Bonchev–Trinajstić information content (AvgIpc) is 2.32. The van der Waals surface area contributed by atoms with Crippen LogP contribution in [0.15, 0.2) is 36.4 Å². The van der Waals surface area contributed by atoms with Crippen molar-refractivity contribution >= 4 is 18.4 Å². The van der Waals surface area contributed by atoms with Crippen molar-refractivity contribution < 1.29 is 10.2 Å². The number of hydrogen-bond acceptors (Lipinski definition) is 2. The lowest BCUT2D eigenvalue weighted by Gasteiger charge is -2.33. The third-order valence-electron chi connectivity index (χ3n) is 3.91. The normalized spacial score (nSPS) is 15.9. The predicted octanol–water partition coefficient (Wildman–Crippen LogP) is 1.82. The molecule has 2 aromatic rings. The Balaban J connectivity index is 2.27. The third kappa shape index (κ3) is 1.55. The van der Waals surface area contributed by atoms with Crippen LogP contribution in [0.5, 0.6) is 11.5 Å². The van der Waals surface area contributed by atoms with Crippen LogP contribution in [0.4, 0.5) is 0 Å². The molecule has 0 saturated carbocycles. The second-order valence-electron chi connectivity index (χ2n) is 5.48. The Kier molecular flexibility index (Phi) is 2.29. The zero-order chi connectivity index (χ0) is 12.9. The highest BCUT2D eigenvalue weighted by Gasteiger charge is 2.34. The van der Waals surface area contributed by atoms with E-state index in [4.69, 9.17) is 0 Å². The molecule has 2 N–H and O–H groups in total. The first-order valence-electron chi connectivity index (χ1n) is 6.13. The van der Waals surface area contributed by atoms with Gasteiger partial charge in [0.25, 0.3) is 0 Å². The van der Waals surface area contributed by atoms with Gasteiger partial charge in [0, 0.05) is 0 Å². The van der Waals surface area contributed by atoms with E-state index in [2.05, 4.69) is 13.1 Å². The molecule has 0 aromatic heterocycles. The summed E-state index contributed by atoms with van der Waals surface area (Å²) in [4.78, 5) is 0. The van der Waals surface area contributed by atoms with E-state index < -0.39 is 8.07 Å². The van der Waals surface area contributed by atoms with Crippen LogP contribution in [0.25, 0.3) is 0 Å². The van der Waals surface area contributed by atoms with Crippen molar-refractivity contribution in [1.29, 1.82) is 0 Å². The molecule has 2 nitrogen and oxygen atoms in total. The molecule has 2 aromatic carbocycles. The van der Waals surface area contributed by atoms with Gasteiger partial charge in [-0.2, -0.15) is 0 Å². The third-order valence-corrected chi connectivity index (χ3v) is 7.54. The van der Waals surface area contributed by atoms with Gasteiger partial charge in [0.1, 0.15) is 19.6 Å². The van der Waals surface area contributed by atoms with Crippen molar-refractivity contribution in [3.05, 3.63) is 47.5 Å². The Bertz CT molecular complexity index is 579. The highest BCUT2D eigenvalue weighted by molar-refractivity contribution is 7.01. The SMILES string of the molecule is C[Si]1(C)c2cc(O)ccc2Cc2ccc(O)cc21. The maximum absolute atomic E-state index is 9.70. The summed E-state index contributed by atoms with van der Waals surface area (Å²) in [5.74, 6) is 0.663. The molecule has 1 aliphatic rings. The molecule has 3 heteroatoms. The Labute approximate surface area is 108 Å². The lowest BCUT2D eigenvalue weighted by molar-refractivity contribution is 0.475. The summed E-state index contributed by atoms with van der Waals surface area (Å²) in [7, 11) is -1.81. The van der Waals surface area contributed by atoms with E-state index in [1.165, 1.54) is 21.5 Å². The summed E-state index contributed by atoms with van der Waals surface area (Å²) in [5, 5.41) is 21.9. The second-order valence-corrected chi connectivity index (χ2v) is 9.81. The van der Waals surface area contributed by atoms with Crippen LogP contribution in [0, 0.1) is 0 Å². The molecule has 0 unspecified atom stereocenters. The van der Waals surface area contributed by atoms with Gasteiger partial charge >= 0.3 is 0 Å². The fourth-order valence-electron chi connectivity index (χ4n) is 2.95. The van der Waals surface area contributed by atoms with E-state index in [0.717, 1.165) is 6.42 Å². The fraction of sp³-hybridized carbons (Fsp3) is 0.200. The van der Waals surface area contributed by atoms with Gasteiger partial charge in [-0.25, -0.2) is 0 Å². The standard InChI is InChI=1S/C15H16O2Si/c1-18(2)14-8-12(16)5-3-10(14)7-11-4-6-13(17)9-15(11)18/h3-6,8-9,16-17H,7H2,1-2H3. The first kappa shape index (κ1) is 11.4.